The molecule has 114 valence electrons. The minimum absolute atomic E-state index is 0.0463. The number of methoxy groups -OCH3 is 1. The quantitative estimate of drug-likeness (QED) is 0.686. The third kappa shape index (κ3) is 5.46. The van der Waals surface area contributed by atoms with Crippen LogP contribution in [0.15, 0.2) is 23.1 Å². The molecule has 0 radical (unpaired) electrons. The van der Waals surface area contributed by atoms with Gasteiger partial charge in [0, 0.05) is 13.2 Å². The molecule has 6 nitrogen and oxygen atoms in total. The molecule has 0 bridgehead atoms. The topological polar surface area (TPSA) is 87.9 Å². The molecule has 0 aliphatic carbocycles. The second-order valence-corrected chi connectivity index (χ2v) is 5.68. The van der Waals surface area contributed by atoms with Gasteiger partial charge in [-0.15, -0.1) is 0 Å². The molecule has 0 heterocycles. The molecule has 1 aromatic rings. The highest BCUT2D eigenvalue weighted by Gasteiger charge is 2.11. The highest BCUT2D eigenvalue weighted by Crippen LogP contribution is 2.23. The average molecular weight is 303 g/mol. The fourth-order valence-corrected chi connectivity index (χ4v) is 2.12. The van der Waals surface area contributed by atoms with Crippen molar-refractivity contribution < 1.29 is 22.6 Å². The van der Waals surface area contributed by atoms with Crippen molar-refractivity contribution in [3.63, 3.8) is 0 Å². The number of sulfonamides is 1. The number of nitrogens with two attached hydrogens (primary N) is 1. The molecule has 2 N–H and O–H groups in total. The Kier molecular flexibility index (Phi) is 6.94. The van der Waals surface area contributed by atoms with Crippen LogP contribution in [0.25, 0.3) is 0 Å². The lowest BCUT2D eigenvalue weighted by Crippen LogP contribution is -2.14. The van der Waals surface area contributed by atoms with E-state index in [9.17, 15) is 8.42 Å². The van der Waals surface area contributed by atoms with Gasteiger partial charge in [-0.1, -0.05) is 13.0 Å². The van der Waals surface area contributed by atoms with Gasteiger partial charge in [0.05, 0.1) is 24.7 Å². The van der Waals surface area contributed by atoms with E-state index < -0.39 is 10.0 Å². The third-order valence-electron chi connectivity index (χ3n) is 2.67. The third-order valence-corrected chi connectivity index (χ3v) is 3.58. The van der Waals surface area contributed by atoms with Crippen LogP contribution in [0.5, 0.6) is 5.75 Å². The number of aryl methyl sites for hydroxylation is 1. The van der Waals surface area contributed by atoms with Gasteiger partial charge in [-0.3, -0.25) is 0 Å². The molecular weight excluding hydrogens is 282 g/mol. The van der Waals surface area contributed by atoms with Crippen molar-refractivity contribution in [3.05, 3.63) is 23.8 Å². The van der Waals surface area contributed by atoms with Crippen LogP contribution in [-0.2, 0) is 25.9 Å². The van der Waals surface area contributed by atoms with Gasteiger partial charge in [0.25, 0.3) is 0 Å². The average Bonchev–Trinajstić information content (AvgIpc) is 2.41. The summed E-state index contributed by atoms with van der Waals surface area (Å²) >= 11 is 0. The molecule has 1 aromatic carbocycles. The Labute approximate surface area is 119 Å². The van der Waals surface area contributed by atoms with Gasteiger partial charge in [0.15, 0.2) is 0 Å². The van der Waals surface area contributed by atoms with E-state index in [1.807, 2.05) is 6.92 Å². The zero-order valence-electron chi connectivity index (χ0n) is 11.8. The summed E-state index contributed by atoms with van der Waals surface area (Å²) < 4.78 is 38.3. The molecule has 0 aliphatic heterocycles. The smallest absolute Gasteiger partial charge is 0.238 e. The maximum Gasteiger partial charge on any atom is 0.238 e. The molecule has 1 rings (SSSR count). The van der Waals surface area contributed by atoms with Crippen LogP contribution in [0.1, 0.15) is 12.5 Å². The fourth-order valence-electron chi connectivity index (χ4n) is 1.59. The van der Waals surface area contributed by atoms with Gasteiger partial charge in [0.1, 0.15) is 12.4 Å². The molecule has 0 saturated heterocycles. The molecule has 0 saturated carbocycles. The van der Waals surface area contributed by atoms with Crippen molar-refractivity contribution >= 4 is 10.0 Å². The van der Waals surface area contributed by atoms with Crippen LogP contribution < -0.4 is 9.88 Å². The number of hydrogen-bond acceptors (Lipinski definition) is 5. The zero-order chi connectivity index (χ0) is 15.0. The first-order chi connectivity index (χ1) is 9.49. The molecule has 7 heteroatoms. The number of rotatable bonds is 9. The first-order valence-electron chi connectivity index (χ1n) is 6.34. The Morgan fingerprint density at radius 2 is 1.85 bits per heavy atom. The predicted molar refractivity (Wildman–Crippen MR) is 75.4 cm³/mol. The van der Waals surface area contributed by atoms with E-state index in [0.29, 0.717) is 32.2 Å². The maximum atomic E-state index is 11.3. The Balaban J connectivity index is 2.63. The highest BCUT2D eigenvalue weighted by molar-refractivity contribution is 7.89. The molecule has 0 aliphatic rings. The summed E-state index contributed by atoms with van der Waals surface area (Å²) in [6.07, 6.45) is 0.741. The second-order valence-electron chi connectivity index (χ2n) is 4.12. The molecule has 20 heavy (non-hydrogen) atoms. The molecular formula is C13H21NO5S. The summed E-state index contributed by atoms with van der Waals surface area (Å²) in [6, 6.07) is 4.64. The van der Waals surface area contributed by atoms with E-state index in [2.05, 4.69) is 0 Å². The SMILES string of the molecule is CCc1ccc(S(N)(=O)=O)cc1OCCOCCOC. The summed E-state index contributed by atoms with van der Waals surface area (Å²) in [5, 5.41) is 5.10. The maximum absolute atomic E-state index is 11.3. The van der Waals surface area contributed by atoms with Crippen molar-refractivity contribution in [2.24, 2.45) is 5.14 Å². The summed E-state index contributed by atoms with van der Waals surface area (Å²) in [5.41, 5.74) is 0.925. The zero-order valence-corrected chi connectivity index (χ0v) is 12.6. The van der Waals surface area contributed by atoms with Crippen LogP contribution >= 0.6 is 0 Å². The lowest BCUT2D eigenvalue weighted by Gasteiger charge is -2.12. The first kappa shape index (κ1) is 16.9. The Hall–Kier alpha value is -1.15. The van der Waals surface area contributed by atoms with Crippen molar-refractivity contribution in [3.8, 4) is 5.75 Å². The van der Waals surface area contributed by atoms with Gasteiger partial charge in [-0.05, 0) is 18.1 Å². The molecule has 0 atom stereocenters. The number of benzene rings is 1. The van der Waals surface area contributed by atoms with Crippen molar-refractivity contribution in [1.82, 2.24) is 0 Å². The van der Waals surface area contributed by atoms with Gasteiger partial charge in [-0.2, -0.15) is 0 Å². The van der Waals surface area contributed by atoms with Gasteiger partial charge >= 0.3 is 0 Å². The van der Waals surface area contributed by atoms with Crippen LogP contribution in [0.3, 0.4) is 0 Å². The minimum Gasteiger partial charge on any atom is -0.491 e. The van der Waals surface area contributed by atoms with Crippen LogP contribution in [0, 0.1) is 0 Å². The van der Waals surface area contributed by atoms with E-state index in [1.165, 1.54) is 12.1 Å². The Morgan fingerprint density at radius 3 is 2.45 bits per heavy atom. The second kappa shape index (κ2) is 8.21. The van der Waals surface area contributed by atoms with E-state index in [4.69, 9.17) is 19.3 Å². The summed E-state index contributed by atoms with van der Waals surface area (Å²) in [7, 11) is -2.12. The number of ether oxygens (including phenoxy) is 3. The van der Waals surface area contributed by atoms with Crippen molar-refractivity contribution in [1.29, 1.82) is 0 Å². The van der Waals surface area contributed by atoms with Crippen LogP contribution in [-0.4, -0.2) is 42.0 Å². The van der Waals surface area contributed by atoms with Gasteiger partial charge in [0.2, 0.25) is 10.0 Å². The lowest BCUT2D eigenvalue weighted by atomic mass is 10.1. The molecule has 0 unspecified atom stereocenters. The van der Waals surface area contributed by atoms with Gasteiger partial charge in [-0.25, -0.2) is 13.6 Å². The molecule has 0 fully saturated rings. The largest absolute Gasteiger partial charge is 0.491 e. The van der Waals surface area contributed by atoms with Crippen molar-refractivity contribution in [2.45, 2.75) is 18.2 Å². The van der Waals surface area contributed by atoms with Crippen molar-refractivity contribution in [2.75, 3.05) is 33.5 Å². The Morgan fingerprint density at radius 1 is 1.15 bits per heavy atom. The predicted octanol–water partition coefficient (Wildman–Crippen LogP) is 0.938. The first-order valence-corrected chi connectivity index (χ1v) is 7.89. The summed E-state index contributed by atoms with van der Waals surface area (Å²) in [4.78, 5) is 0.0463. The summed E-state index contributed by atoms with van der Waals surface area (Å²) in [6.45, 7) is 3.74. The van der Waals surface area contributed by atoms with Crippen LogP contribution in [0.2, 0.25) is 0 Å². The van der Waals surface area contributed by atoms with Gasteiger partial charge < -0.3 is 14.2 Å². The lowest BCUT2D eigenvalue weighted by molar-refractivity contribution is 0.0542. The fraction of sp³-hybridized carbons (Fsp3) is 0.538. The normalized spacial score (nSPS) is 11.6. The molecule has 0 spiro atoms. The number of hydrogen-bond donors (Lipinski definition) is 1. The van der Waals surface area contributed by atoms with E-state index in [-0.39, 0.29) is 4.90 Å². The number of primary sulfonamides is 1. The van der Waals surface area contributed by atoms with E-state index in [0.717, 1.165) is 12.0 Å². The van der Waals surface area contributed by atoms with E-state index >= 15 is 0 Å². The highest BCUT2D eigenvalue weighted by atomic mass is 32.2. The molecule has 0 amide bonds. The molecule has 0 aromatic heterocycles. The Bertz CT molecular complexity index is 515. The summed E-state index contributed by atoms with van der Waals surface area (Å²) in [5.74, 6) is 0.523. The van der Waals surface area contributed by atoms with Crippen LogP contribution in [0.4, 0.5) is 0 Å². The monoisotopic (exact) mass is 303 g/mol. The standard InChI is InChI=1S/C13H21NO5S/c1-3-11-4-5-12(20(14,15)16)10-13(11)19-9-8-18-7-6-17-2/h4-5,10H,3,6-9H2,1-2H3,(H2,14,15,16). The van der Waals surface area contributed by atoms with E-state index in [1.54, 1.807) is 13.2 Å². The minimum atomic E-state index is -3.72.